The van der Waals surface area contributed by atoms with Gasteiger partial charge < -0.3 is 10.7 Å². The summed E-state index contributed by atoms with van der Waals surface area (Å²) in [6.07, 6.45) is 3.15. The number of aromatic nitrogens is 1. The predicted molar refractivity (Wildman–Crippen MR) is 100 cm³/mol. The molecule has 0 spiro atoms. The molecule has 120 valence electrons. The summed E-state index contributed by atoms with van der Waals surface area (Å²) in [5, 5.41) is 2.01. The van der Waals surface area contributed by atoms with E-state index < -0.39 is 0 Å². The maximum atomic E-state index is 6.22. The molecule has 0 fully saturated rings. The summed E-state index contributed by atoms with van der Waals surface area (Å²) in [6, 6.07) is 12.8. The van der Waals surface area contributed by atoms with E-state index in [2.05, 4.69) is 49.2 Å². The largest absolute Gasteiger partial charge is 0.354 e. The van der Waals surface area contributed by atoms with Crippen LogP contribution in [0.4, 0.5) is 0 Å². The average molecular weight is 327 g/mol. The van der Waals surface area contributed by atoms with Crippen molar-refractivity contribution in [2.45, 2.75) is 33.1 Å². The molecule has 3 heteroatoms. The standard InChI is InChI=1S/C20H23ClN2/c1-13-9-14(2)11-15(10-13)20-17(5-3-4-8-22)18-12-16(21)6-7-19(18)23-20/h6-7,9-12,23H,3-5,8,22H2,1-2H3. The van der Waals surface area contributed by atoms with Crippen molar-refractivity contribution in [3.63, 3.8) is 0 Å². The Morgan fingerprint density at radius 1 is 1.00 bits per heavy atom. The molecule has 0 saturated heterocycles. The van der Waals surface area contributed by atoms with E-state index in [0.29, 0.717) is 0 Å². The fourth-order valence-electron chi connectivity index (χ4n) is 3.29. The molecule has 0 atom stereocenters. The van der Waals surface area contributed by atoms with E-state index in [0.717, 1.165) is 36.3 Å². The van der Waals surface area contributed by atoms with E-state index in [4.69, 9.17) is 17.3 Å². The van der Waals surface area contributed by atoms with Gasteiger partial charge in [0.2, 0.25) is 0 Å². The highest BCUT2D eigenvalue weighted by molar-refractivity contribution is 6.31. The smallest absolute Gasteiger partial charge is 0.0497 e. The maximum Gasteiger partial charge on any atom is 0.0497 e. The number of aromatic amines is 1. The number of H-pyrrole nitrogens is 1. The molecule has 0 aliphatic carbocycles. The van der Waals surface area contributed by atoms with E-state index in [1.54, 1.807) is 0 Å². The van der Waals surface area contributed by atoms with Gasteiger partial charge in [-0.25, -0.2) is 0 Å². The van der Waals surface area contributed by atoms with Crippen molar-refractivity contribution in [1.29, 1.82) is 0 Å². The molecular formula is C20H23ClN2. The van der Waals surface area contributed by atoms with Gasteiger partial charge in [-0.05, 0) is 81.1 Å². The molecule has 3 N–H and O–H groups in total. The lowest BCUT2D eigenvalue weighted by molar-refractivity contribution is 0.748. The quantitative estimate of drug-likeness (QED) is 0.607. The van der Waals surface area contributed by atoms with Crippen LogP contribution in [0.3, 0.4) is 0 Å². The number of halogens is 1. The highest BCUT2D eigenvalue weighted by Gasteiger charge is 2.14. The van der Waals surface area contributed by atoms with Crippen LogP contribution in [-0.4, -0.2) is 11.5 Å². The van der Waals surface area contributed by atoms with Gasteiger partial charge in [0.05, 0.1) is 0 Å². The summed E-state index contributed by atoms with van der Waals surface area (Å²) in [5.41, 5.74) is 13.2. The van der Waals surface area contributed by atoms with Crippen LogP contribution in [0.2, 0.25) is 5.02 Å². The first-order valence-electron chi connectivity index (χ1n) is 8.17. The molecule has 0 radical (unpaired) electrons. The third-order valence-electron chi connectivity index (χ3n) is 4.26. The number of nitrogens with two attached hydrogens (primary N) is 1. The number of fused-ring (bicyclic) bond motifs is 1. The first-order chi connectivity index (χ1) is 11.1. The van der Waals surface area contributed by atoms with Crippen molar-refractivity contribution in [2.24, 2.45) is 5.73 Å². The third-order valence-corrected chi connectivity index (χ3v) is 4.49. The summed E-state index contributed by atoms with van der Waals surface area (Å²) in [7, 11) is 0. The van der Waals surface area contributed by atoms with E-state index >= 15 is 0 Å². The van der Waals surface area contributed by atoms with Crippen LogP contribution < -0.4 is 5.73 Å². The van der Waals surface area contributed by atoms with Gasteiger partial charge in [0, 0.05) is 21.6 Å². The molecule has 0 amide bonds. The summed E-state index contributed by atoms with van der Waals surface area (Å²) < 4.78 is 0. The second-order valence-corrected chi connectivity index (χ2v) is 6.73. The van der Waals surface area contributed by atoms with Crippen molar-refractivity contribution in [2.75, 3.05) is 6.54 Å². The maximum absolute atomic E-state index is 6.22. The summed E-state index contributed by atoms with van der Waals surface area (Å²) in [5.74, 6) is 0. The third kappa shape index (κ3) is 3.44. The summed E-state index contributed by atoms with van der Waals surface area (Å²) >= 11 is 6.22. The molecule has 0 aliphatic heterocycles. The van der Waals surface area contributed by atoms with Crippen molar-refractivity contribution >= 4 is 22.5 Å². The lowest BCUT2D eigenvalue weighted by atomic mass is 9.98. The molecule has 23 heavy (non-hydrogen) atoms. The Bertz CT molecular complexity index is 813. The Hall–Kier alpha value is -1.77. The molecule has 2 aromatic carbocycles. The average Bonchev–Trinajstić information content (AvgIpc) is 2.85. The minimum atomic E-state index is 0.738. The van der Waals surface area contributed by atoms with Crippen molar-refractivity contribution in [1.82, 2.24) is 4.98 Å². The van der Waals surface area contributed by atoms with Gasteiger partial charge >= 0.3 is 0 Å². The van der Waals surface area contributed by atoms with Crippen LogP contribution in [0.1, 0.15) is 29.5 Å². The van der Waals surface area contributed by atoms with Crippen molar-refractivity contribution in [3.8, 4) is 11.3 Å². The van der Waals surface area contributed by atoms with Gasteiger partial charge in [-0.3, -0.25) is 0 Å². The second kappa shape index (κ2) is 6.77. The molecule has 0 bridgehead atoms. The van der Waals surface area contributed by atoms with Crippen molar-refractivity contribution < 1.29 is 0 Å². The lowest BCUT2D eigenvalue weighted by Gasteiger charge is -2.08. The number of unbranched alkanes of at least 4 members (excludes halogenated alkanes) is 1. The Morgan fingerprint density at radius 3 is 2.43 bits per heavy atom. The monoisotopic (exact) mass is 326 g/mol. The number of nitrogens with one attached hydrogen (secondary N) is 1. The fourth-order valence-corrected chi connectivity index (χ4v) is 3.46. The first-order valence-corrected chi connectivity index (χ1v) is 8.55. The van der Waals surface area contributed by atoms with E-state index in [-0.39, 0.29) is 0 Å². The number of hydrogen-bond donors (Lipinski definition) is 2. The zero-order chi connectivity index (χ0) is 16.4. The van der Waals surface area contributed by atoms with Crippen LogP contribution >= 0.6 is 11.6 Å². The van der Waals surface area contributed by atoms with E-state index in [9.17, 15) is 0 Å². The summed E-state index contributed by atoms with van der Waals surface area (Å²) in [6.45, 7) is 5.02. The van der Waals surface area contributed by atoms with Gasteiger partial charge in [-0.2, -0.15) is 0 Å². The summed E-state index contributed by atoms with van der Waals surface area (Å²) in [4.78, 5) is 3.60. The normalized spacial score (nSPS) is 11.3. The Balaban J connectivity index is 2.15. The topological polar surface area (TPSA) is 41.8 Å². The van der Waals surface area contributed by atoms with Gasteiger partial charge in [0.25, 0.3) is 0 Å². The Kier molecular flexibility index (Phi) is 4.74. The van der Waals surface area contributed by atoms with E-state index in [1.807, 2.05) is 6.07 Å². The molecular weight excluding hydrogens is 304 g/mol. The highest BCUT2D eigenvalue weighted by Crippen LogP contribution is 2.33. The predicted octanol–water partition coefficient (Wildman–Crippen LogP) is 5.39. The van der Waals surface area contributed by atoms with Crippen molar-refractivity contribution in [3.05, 3.63) is 58.1 Å². The SMILES string of the molecule is Cc1cc(C)cc(-c2[nH]c3ccc(Cl)cc3c2CCCCN)c1. The number of rotatable bonds is 5. The molecule has 2 nitrogen and oxygen atoms in total. The fraction of sp³-hybridized carbons (Fsp3) is 0.300. The lowest BCUT2D eigenvalue weighted by Crippen LogP contribution is -1.99. The molecule has 3 aromatic rings. The van der Waals surface area contributed by atoms with Crippen LogP contribution in [0.25, 0.3) is 22.2 Å². The van der Waals surface area contributed by atoms with Gasteiger partial charge in [0.15, 0.2) is 0 Å². The first kappa shape index (κ1) is 16.1. The Morgan fingerprint density at radius 2 is 1.74 bits per heavy atom. The van der Waals surface area contributed by atoms with E-state index in [1.165, 1.54) is 33.3 Å². The minimum absolute atomic E-state index is 0.738. The molecule has 1 aromatic heterocycles. The number of aryl methyl sites for hydroxylation is 3. The molecule has 3 rings (SSSR count). The minimum Gasteiger partial charge on any atom is -0.354 e. The van der Waals surface area contributed by atoms with Gasteiger partial charge in [-0.15, -0.1) is 0 Å². The molecule has 1 heterocycles. The molecule has 0 unspecified atom stereocenters. The number of hydrogen-bond acceptors (Lipinski definition) is 1. The van der Waals surface area contributed by atoms with Crippen LogP contribution in [-0.2, 0) is 6.42 Å². The number of benzene rings is 2. The molecule has 0 saturated carbocycles. The van der Waals surface area contributed by atoms with Gasteiger partial charge in [0.1, 0.15) is 0 Å². The van der Waals surface area contributed by atoms with Crippen LogP contribution in [0.15, 0.2) is 36.4 Å². The zero-order valence-corrected chi connectivity index (χ0v) is 14.5. The second-order valence-electron chi connectivity index (χ2n) is 6.29. The van der Waals surface area contributed by atoms with Crippen LogP contribution in [0.5, 0.6) is 0 Å². The highest BCUT2D eigenvalue weighted by atomic mass is 35.5. The van der Waals surface area contributed by atoms with Crippen LogP contribution in [0, 0.1) is 13.8 Å². The molecule has 0 aliphatic rings. The zero-order valence-electron chi connectivity index (χ0n) is 13.7. The Labute approximate surface area is 142 Å². The van der Waals surface area contributed by atoms with Gasteiger partial charge in [-0.1, -0.05) is 28.8 Å².